The summed E-state index contributed by atoms with van der Waals surface area (Å²) in [6, 6.07) is 3.95. The zero-order valence-electron chi connectivity index (χ0n) is 12.1. The highest BCUT2D eigenvalue weighted by Gasteiger charge is 2.11. The van der Waals surface area contributed by atoms with E-state index in [2.05, 4.69) is 26.2 Å². The molecule has 1 atom stereocenters. The van der Waals surface area contributed by atoms with E-state index in [1.807, 2.05) is 36.9 Å². The number of benzene rings is 1. The monoisotopic (exact) mass is 339 g/mol. The lowest BCUT2D eigenvalue weighted by molar-refractivity contribution is 0.354. The minimum absolute atomic E-state index is 0.197. The van der Waals surface area contributed by atoms with Crippen molar-refractivity contribution in [3.8, 4) is 11.5 Å². The first-order chi connectivity index (χ1) is 9.55. The molecule has 0 aliphatic rings. The maximum absolute atomic E-state index is 5.34. The van der Waals surface area contributed by atoms with E-state index in [0.29, 0.717) is 6.54 Å². The third-order valence-electron chi connectivity index (χ3n) is 3.14. The fraction of sp³-hybridized carbons (Fsp3) is 0.429. The van der Waals surface area contributed by atoms with E-state index in [0.717, 1.165) is 28.3 Å². The van der Waals surface area contributed by atoms with Crippen molar-refractivity contribution in [1.82, 2.24) is 15.0 Å². The number of aromatic nitrogens is 3. The Morgan fingerprint density at radius 1 is 1.25 bits per heavy atom. The minimum atomic E-state index is 0.197. The highest BCUT2D eigenvalue weighted by molar-refractivity contribution is 9.09. The van der Waals surface area contributed by atoms with Gasteiger partial charge in [0.2, 0.25) is 0 Å². The van der Waals surface area contributed by atoms with Gasteiger partial charge in [0.1, 0.15) is 0 Å². The van der Waals surface area contributed by atoms with Crippen LogP contribution in [0.1, 0.15) is 28.6 Å². The van der Waals surface area contributed by atoms with Gasteiger partial charge in [0.05, 0.1) is 31.3 Å². The molecule has 2 aromatic rings. The Balaban J connectivity index is 2.28. The highest BCUT2D eigenvalue weighted by Crippen LogP contribution is 2.30. The quantitative estimate of drug-likeness (QED) is 0.785. The van der Waals surface area contributed by atoms with E-state index < -0.39 is 0 Å². The van der Waals surface area contributed by atoms with Crippen LogP contribution in [0.15, 0.2) is 18.3 Å². The lowest BCUT2D eigenvalue weighted by Crippen LogP contribution is -2.03. The molecule has 5 nitrogen and oxygen atoms in total. The SMILES string of the molecule is COc1cc(C)c(Cn2cc(C(C)Br)nn2)cc1OC. The number of hydrogen-bond acceptors (Lipinski definition) is 4. The molecule has 0 saturated carbocycles. The van der Waals surface area contributed by atoms with Gasteiger partial charge in [0, 0.05) is 6.20 Å². The van der Waals surface area contributed by atoms with Crippen molar-refractivity contribution in [2.75, 3.05) is 14.2 Å². The van der Waals surface area contributed by atoms with Gasteiger partial charge in [0.15, 0.2) is 11.5 Å². The minimum Gasteiger partial charge on any atom is -0.493 e. The standard InChI is InChI=1S/C14H18BrN3O2/c1-9-5-13(19-3)14(20-4)6-11(9)7-18-8-12(10(2)15)16-17-18/h5-6,8,10H,7H2,1-4H3. The van der Waals surface area contributed by atoms with Crippen LogP contribution in [0.4, 0.5) is 0 Å². The summed E-state index contributed by atoms with van der Waals surface area (Å²) in [5, 5.41) is 8.26. The van der Waals surface area contributed by atoms with Crippen LogP contribution in [0, 0.1) is 6.92 Å². The third-order valence-corrected chi connectivity index (χ3v) is 3.61. The lowest BCUT2D eigenvalue weighted by atomic mass is 10.1. The van der Waals surface area contributed by atoms with Gasteiger partial charge in [-0.25, -0.2) is 4.68 Å². The van der Waals surface area contributed by atoms with Crippen molar-refractivity contribution in [2.24, 2.45) is 0 Å². The first-order valence-electron chi connectivity index (χ1n) is 6.30. The number of nitrogens with zero attached hydrogens (tertiary/aromatic N) is 3. The number of rotatable bonds is 5. The Bertz CT molecular complexity index is 596. The Kier molecular flexibility index (Phi) is 4.65. The highest BCUT2D eigenvalue weighted by atomic mass is 79.9. The average Bonchev–Trinajstić information content (AvgIpc) is 2.89. The molecule has 2 rings (SSSR count). The van der Waals surface area contributed by atoms with Gasteiger partial charge < -0.3 is 9.47 Å². The maximum atomic E-state index is 5.34. The van der Waals surface area contributed by atoms with Crippen molar-refractivity contribution < 1.29 is 9.47 Å². The molecule has 0 radical (unpaired) electrons. The Morgan fingerprint density at radius 3 is 2.45 bits per heavy atom. The van der Waals surface area contributed by atoms with Crippen LogP contribution in [-0.2, 0) is 6.54 Å². The molecular formula is C14H18BrN3O2. The number of aryl methyl sites for hydroxylation is 1. The number of alkyl halides is 1. The molecule has 0 saturated heterocycles. The molecule has 0 N–H and O–H groups in total. The van der Waals surface area contributed by atoms with Crippen molar-refractivity contribution in [3.63, 3.8) is 0 Å². The second-order valence-corrected chi connectivity index (χ2v) is 5.96. The molecule has 0 aliphatic carbocycles. The number of methoxy groups -OCH3 is 2. The lowest BCUT2D eigenvalue weighted by Gasteiger charge is -2.12. The fourth-order valence-electron chi connectivity index (χ4n) is 1.94. The van der Waals surface area contributed by atoms with Gasteiger partial charge >= 0.3 is 0 Å². The fourth-order valence-corrected chi connectivity index (χ4v) is 2.15. The predicted octanol–water partition coefficient (Wildman–Crippen LogP) is 3.11. The zero-order valence-corrected chi connectivity index (χ0v) is 13.6. The van der Waals surface area contributed by atoms with Crippen molar-refractivity contribution in [1.29, 1.82) is 0 Å². The van der Waals surface area contributed by atoms with E-state index >= 15 is 0 Å². The van der Waals surface area contributed by atoms with Crippen LogP contribution in [-0.4, -0.2) is 29.2 Å². The molecule has 0 amide bonds. The Labute approximate surface area is 127 Å². The Hall–Kier alpha value is -1.56. The van der Waals surface area contributed by atoms with E-state index in [1.165, 1.54) is 0 Å². The average molecular weight is 340 g/mol. The molecule has 0 spiro atoms. The molecule has 0 aliphatic heterocycles. The van der Waals surface area contributed by atoms with E-state index in [1.54, 1.807) is 14.2 Å². The molecule has 1 heterocycles. The second kappa shape index (κ2) is 6.26. The van der Waals surface area contributed by atoms with E-state index in [-0.39, 0.29) is 4.83 Å². The Morgan fingerprint density at radius 2 is 1.90 bits per heavy atom. The largest absolute Gasteiger partial charge is 0.493 e. The molecule has 1 aromatic heterocycles. The van der Waals surface area contributed by atoms with Gasteiger partial charge in [-0.1, -0.05) is 21.1 Å². The van der Waals surface area contributed by atoms with Crippen molar-refractivity contribution in [3.05, 3.63) is 35.2 Å². The summed E-state index contributed by atoms with van der Waals surface area (Å²) in [5.41, 5.74) is 3.18. The summed E-state index contributed by atoms with van der Waals surface area (Å²) < 4.78 is 12.4. The summed E-state index contributed by atoms with van der Waals surface area (Å²) in [7, 11) is 3.27. The summed E-state index contributed by atoms with van der Waals surface area (Å²) in [6.45, 7) is 4.72. The number of hydrogen-bond donors (Lipinski definition) is 0. The van der Waals surface area contributed by atoms with Crippen LogP contribution >= 0.6 is 15.9 Å². The van der Waals surface area contributed by atoms with Crippen LogP contribution in [0.2, 0.25) is 0 Å². The normalized spacial score (nSPS) is 12.2. The smallest absolute Gasteiger partial charge is 0.161 e. The molecule has 6 heteroatoms. The summed E-state index contributed by atoms with van der Waals surface area (Å²) in [4.78, 5) is 0.197. The van der Waals surface area contributed by atoms with E-state index in [4.69, 9.17) is 9.47 Å². The van der Waals surface area contributed by atoms with Crippen LogP contribution in [0.3, 0.4) is 0 Å². The summed E-state index contributed by atoms with van der Waals surface area (Å²) in [5.74, 6) is 1.46. The topological polar surface area (TPSA) is 49.2 Å². The first kappa shape index (κ1) is 14.8. The molecule has 1 aromatic carbocycles. The molecule has 0 bridgehead atoms. The van der Waals surface area contributed by atoms with Crippen LogP contribution in [0.5, 0.6) is 11.5 Å². The molecule has 20 heavy (non-hydrogen) atoms. The van der Waals surface area contributed by atoms with Gasteiger partial charge in [0.25, 0.3) is 0 Å². The first-order valence-corrected chi connectivity index (χ1v) is 7.22. The molecule has 1 unspecified atom stereocenters. The van der Waals surface area contributed by atoms with Crippen LogP contribution < -0.4 is 9.47 Å². The van der Waals surface area contributed by atoms with E-state index in [9.17, 15) is 0 Å². The number of ether oxygens (including phenoxy) is 2. The molecular weight excluding hydrogens is 322 g/mol. The predicted molar refractivity (Wildman–Crippen MR) is 80.7 cm³/mol. The second-order valence-electron chi connectivity index (χ2n) is 4.59. The third kappa shape index (κ3) is 3.12. The zero-order chi connectivity index (χ0) is 14.7. The molecule has 0 fully saturated rings. The van der Waals surface area contributed by atoms with Gasteiger partial charge in [-0.15, -0.1) is 5.10 Å². The summed E-state index contributed by atoms with van der Waals surface area (Å²) in [6.07, 6.45) is 1.94. The van der Waals surface area contributed by atoms with Crippen LogP contribution in [0.25, 0.3) is 0 Å². The molecule has 108 valence electrons. The van der Waals surface area contributed by atoms with Crippen molar-refractivity contribution in [2.45, 2.75) is 25.2 Å². The van der Waals surface area contributed by atoms with Gasteiger partial charge in [-0.2, -0.15) is 0 Å². The summed E-state index contributed by atoms with van der Waals surface area (Å²) >= 11 is 3.49. The van der Waals surface area contributed by atoms with Gasteiger partial charge in [-0.05, 0) is 37.1 Å². The van der Waals surface area contributed by atoms with Crippen molar-refractivity contribution >= 4 is 15.9 Å². The van der Waals surface area contributed by atoms with Gasteiger partial charge in [-0.3, -0.25) is 0 Å². The number of halogens is 1. The maximum Gasteiger partial charge on any atom is 0.161 e.